The molecule has 0 rings (SSSR count). The van der Waals surface area contributed by atoms with Crippen LogP contribution in [0.15, 0.2) is 0 Å². The van der Waals surface area contributed by atoms with E-state index in [1.807, 2.05) is 0 Å². The van der Waals surface area contributed by atoms with Gasteiger partial charge in [0.25, 0.3) is 0 Å². The van der Waals surface area contributed by atoms with Gasteiger partial charge in [-0.1, -0.05) is 0 Å². The van der Waals surface area contributed by atoms with E-state index in [0.717, 1.165) is 0 Å². The van der Waals surface area contributed by atoms with Crippen LogP contribution >= 0.6 is 0 Å². The van der Waals surface area contributed by atoms with Gasteiger partial charge in [0, 0.05) is 0 Å². The minimum Gasteiger partial charge on any atom is -0.539 e. The third-order valence-corrected chi connectivity index (χ3v) is 0.346. The Balaban J connectivity index is 0. The number of hydrogen-bond acceptors (Lipinski definition) is 5. The SMILES string of the molecule is O=C([O-])C(=O)OOCF.[Na+]. The summed E-state index contributed by atoms with van der Waals surface area (Å²) < 4.78 is 10.9. The molecule has 0 bridgehead atoms. The van der Waals surface area contributed by atoms with Crippen molar-refractivity contribution < 1.29 is 58.4 Å². The number of carbonyl (C=O) groups excluding carboxylic acids is 2. The Morgan fingerprint density at radius 1 is 1.50 bits per heavy atom. The number of carboxylic acids is 1. The molecule has 52 valence electrons. The van der Waals surface area contributed by atoms with Crippen molar-refractivity contribution in [2.24, 2.45) is 0 Å². The second-order valence-electron chi connectivity index (χ2n) is 0.885. The fourth-order valence-electron chi connectivity index (χ4n) is 0.110. The van der Waals surface area contributed by atoms with Crippen LogP contribution in [-0.4, -0.2) is 18.8 Å². The summed E-state index contributed by atoms with van der Waals surface area (Å²) in [7, 11) is 0. The summed E-state index contributed by atoms with van der Waals surface area (Å²) in [6, 6.07) is 0. The third-order valence-electron chi connectivity index (χ3n) is 0.346. The van der Waals surface area contributed by atoms with E-state index in [1.165, 1.54) is 0 Å². The monoisotopic (exact) mass is 160 g/mol. The van der Waals surface area contributed by atoms with Crippen LogP contribution in [-0.2, 0) is 19.4 Å². The predicted octanol–water partition coefficient (Wildman–Crippen LogP) is -4.86. The van der Waals surface area contributed by atoms with Crippen LogP contribution < -0.4 is 34.7 Å². The molecule has 7 heteroatoms. The summed E-state index contributed by atoms with van der Waals surface area (Å²) in [6.07, 6.45) is 0. The molecule has 0 fully saturated rings. The fourth-order valence-corrected chi connectivity index (χ4v) is 0.110. The fraction of sp³-hybridized carbons (Fsp3) is 0.333. The van der Waals surface area contributed by atoms with Gasteiger partial charge in [0.1, 0.15) is 0 Å². The van der Waals surface area contributed by atoms with Gasteiger partial charge in [-0.2, -0.15) is 4.89 Å². The summed E-state index contributed by atoms with van der Waals surface area (Å²) in [5, 5.41) is 9.42. The quantitative estimate of drug-likeness (QED) is 0.175. The molecule has 0 aliphatic rings. The van der Waals surface area contributed by atoms with Crippen molar-refractivity contribution in [2.45, 2.75) is 0 Å². The van der Waals surface area contributed by atoms with Gasteiger partial charge >= 0.3 is 35.5 Å². The van der Waals surface area contributed by atoms with Crippen molar-refractivity contribution in [3.8, 4) is 0 Å². The Morgan fingerprint density at radius 2 is 2.00 bits per heavy atom. The molecule has 0 aromatic heterocycles. The molecular formula is C3H2FNaO5. The van der Waals surface area contributed by atoms with E-state index in [-0.39, 0.29) is 29.6 Å². The molecule has 0 unspecified atom stereocenters. The Hall–Kier alpha value is -0.170. The van der Waals surface area contributed by atoms with Crippen molar-refractivity contribution in [3.05, 3.63) is 0 Å². The second-order valence-corrected chi connectivity index (χ2v) is 0.885. The number of alkyl halides is 1. The Bertz CT molecular complexity index is 126. The summed E-state index contributed by atoms with van der Waals surface area (Å²) in [4.78, 5) is 25.7. The average molecular weight is 160 g/mol. The molecule has 10 heavy (non-hydrogen) atoms. The molecule has 0 aromatic carbocycles. The number of rotatable bonds is 2. The molecule has 0 aliphatic heterocycles. The summed E-state index contributed by atoms with van der Waals surface area (Å²) >= 11 is 0. The molecule has 0 aromatic rings. The second kappa shape index (κ2) is 6.94. The zero-order valence-corrected chi connectivity index (χ0v) is 7.13. The summed E-state index contributed by atoms with van der Waals surface area (Å²) in [5.41, 5.74) is 0. The molecule has 0 radical (unpaired) electrons. The topological polar surface area (TPSA) is 75.7 Å². The first kappa shape index (κ1) is 12.5. The zero-order valence-electron chi connectivity index (χ0n) is 5.13. The Labute approximate surface area is 77.3 Å². The molecular weight excluding hydrogens is 158 g/mol. The number of carboxylic acid groups (broad SMARTS) is 1. The first-order valence-electron chi connectivity index (χ1n) is 1.79. The van der Waals surface area contributed by atoms with E-state index < -0.39 is 18.8 Å². The van der Waals surface area contributed by atoms with Crippen LogP contribution in [0, 0.1) is 0 Å². The largest absolute Gasteiger partial charge is 1.00 e. The number of carbonyl (C=O) groups is 2. The van der Waals surface area contributed by atoms with E-state index >= 15 is 0 Å². The number of hydrogen-bond donors (Lipinski definition) is 0. The van der Waals surface area contributed by atoms with Crippen molar-refractivity contribution in [3.63, 3.8) is 0 Å². The molecule has 5 nitrogen and oxygen atoms in total. The van der Waals surface area contributed by atoms with E-state index in [0.29, 0.717) is 0 Å². The van der Waals surface area contributed by atoms with Crippen molar-refractivity contribution in [2.75, 3.05) is 6.86 Å². The predicted molar refractivity (Wildman–Crippen MR) is 18.2 cm³/mol. The van der Waals surface area contributed by atoms with E-state index in [4.69, 9.17) is 0 Å². The first-order chi connectivity index (χ1) is 4.18. The van der Waals surface area contributed by atoms with Crippen molar-refractivity contribution >= 4 is 11.9 Å². The van der Waals surface area contributed by atoms with Crippen LogP contribution in [0.1, 0.15) is 0 Å². The maximum atomic E-state index is 10.9. The van der Waals surface area contributed by atoms with Gasteiger partial charge in [0.05, 0.1) is 0 Å². The van der Waals surface area contributed by atoms with Gasteiger partial charge in [-0.25, -0.2) is 9.18 Å². The third kappa shape index (κ3) is 5.96. The van der Waals surface area contributed by atoms with Crippen LogP contribution in [0.2, 0.25) is 0 Å². The van der Waals surface area contributed by atoms with Gasteiger partial charge in [-0.05, 0) is 0 Å². The van der Waals surface area contributed by atoms with E-state index in [1.54, 1.807) is 0 Å². The maximum Gasteiger partial charge on any atom is 1.00 e. The van der Waals surface area contributed by atoms with Crippen LogP contribution in [0.5, 0.6) is 0 Å². The molecule has 0 spiro atoms. The first-order valence-corrected chi connectivity index (χ1v) is 1.79. The van der Waals surface area contributed by atoms with E-state index in [2.05, 4.69) is 9.78 Å². The number of aliphatic carboxylic acids is 1. The van der Waals surface area contributed by atoms with Crippen LogP contribution in [0.25, 0.3) is 0 Å². The molecule has 0 heterocycles. The summed E-state index contributed by atoms with van der Waals surface area (Å²) in [6.45, 7) is -1.39. The van der Waals surface area contributed by atoms with Crippen molar-refractivity contribution in [1.29, 1.82) is 0 Å². The Morgan fingerprint density at radius 3 is 2.30 bits per heavy atom. The number of halogens is 1. The maximum absolute atomic E-state index is 10.9. The zero-order chi connectivity index (χ0) is 7.28. The molecule has 0 saturated carbocycles. The van der Waals surface area contributed by atoms with Gasteiger partial charge in [0.15, 0.2) is 5.97 Å². The van der Waals surface area contributed by atoms with E-state index in [9.17, 15) is 19.1 Å². The van der Waals surface area contributed by atoms with Gasteiger partial charge in [-0.3, -0.25) is 4.89 Å². The normalized spacial score (nSPS) is 7.70. The minimum absolute atomic E-state index is 0. The Kier molecular flexibility index (Phi) is 8.68. The van der Waals surface area contributed by atoms with Crippen LogP contribution in [0.3, 0.4) is 0 Å². The van der Waals surface area contributed by atoms with Gasteiger partial charge in [0.2, 0.25) is 6.86 Å². The van der Waals surface area contributed by atoms with Crippen LogP contribution in [0.4, 0.5) is 4.39 Å². The smallest absolute Gasteiger partial charge is 0.539 e. The molecule has 0 amide bonds. The molecule has 0 N–H and O–H groups in total. The summed E-state index contributed by atoms with van der Waals surface area (Å²) in [5.74, 6) is -3.84. The average Bonchev–Trinajstić information content (AvgIpc) is 1.82. The van der Waals surface area contributed by atoms with Gasteiger partial charge < -0.3 is 9.90 Å². The van der Waals surface area contributed by atoms with Crippen molar-refractivity contribution in [1.82, 2.24) is 0 Å². The molecule has 0 saturated heterocycles. The van der Waals surface area contributed by atoms with Gasteiger partial charge in [-0.15, -0.1) is 0 Å². The molecule has 0 atom stereocenters. The standard InChI is InChI=1S/C3H3FO5.Na/c4-1-8-9-3(7)2(5)6;/h1H2,(H,5,6);/q;+1/p-1. The molecule has 0 aliphatic carbocycles. The minimum atomic E-state index is -2.08.